The van der Waals surface area contributed by atoms with Crippen molar-refractivity contribution >= 4 is 29.2 Å². The Bertz CT molecular complexity index is 922. The zero-order valence-electron chi connectivity index (χ0n) is 13.9. The Morgan fingerprint density at radius 2 is 1.92 bits per heavy atom. The summed E-state index contributed by atoms with van der Waals surface area (Å²) in [6.07, 6.45) is 1.57. The second-order valence-electron chi connectivity index (χ2n) is 5.26. The quantitative estimate of drug-likeness (QED) is 0.321. The molecule has 26 heavy (non-hydrogen) atoms. The van der Waals surface area contributed by atoms with E-state index in [0.29, 0.717) is 10.5 Å². The third-order valence-electron chi connectivity index (χ3n) is 3.69. The predicted molar refractivity (Wildman–Crippen MR) is 93.4 cm³/mol. The van der Waals surface area contributed by atoms with E-state index in [1.807, 2.05) is 0 Å². The third-order valence-corrected chi connectivity index (χ3v) is 4.34. The predicted octanol–water partition coefficient (Wildman–Crippen LogP) is 4.92. The molecular formula is C19H14F2O4S. The molecular weight excluding hydrogens is 362 g/mol. The van der Waals surface area contributed by atoms with Gasteiger partial charge in [-0.1, -0.05) is 18.2 Å². The second-order valence-corrected chi connectivity index (χ2v) is 6.04. The molecule has 134 valence electrons. The zero-order valence-corrected chi connectivity index (χ0v) is 14.7. The van der Waals surface area contributed by atoms with Gasteiger partial charge in [0.15, 0.2) is 0 Å². The Balaban J connectivity index is 2.16. The van der Waals surface area contributed by atoms with Gasteiger partial charge in [-0.05, 0) is 42.8 Å². The fourth-order valence-corrected chi connectivity index (χ4v) is 3.05. The fraction of sp³-hybridized carbons (Fsp3) is 0.105. The minimum absolute atomic E-state index is 0.116. The van der Waals surface area contributed by atoms with Crippen LogP contribution in [0.5, 0.6) is 0 Å². The summed E-state index contributed by atoms with van der Waals surface area (Å²) in [5.74, 6) is -1.50. The van der Waals surface area contributed by atoms with Gasteiger partial charge in [0.05, 0.1) is 24.7 Å². The van der Waals surface area contributed by atoms with Crippen molar-refractivity contribution in [1.82, 2.24) is 0 Å². The Morgan fingerprint density at radius 3 is 2.58 bits per heavy atom. The summed E-state index contributed by atoms with van der Waals surface area (Å²) >= 11 is 0.851. The lowest BCUT2D eigenvalue weighted by Crippen LogP contribution is -1.99. The Labute approximate surface area is 153 Å². The number of carbonyl (C=O) groups is 1. The van der Waals surface area contributed by atoms with Gasteiger partial charge in [0.1, 0.15) is 17.4 Å². The number of cyclic esters (lactones) is 1. The van der Waals surface area contributed by atoms with Crippen molar-refractivity contribution < 1.29 is 27.5 Å². The first-order valence-electron chi connectivity index (χ1n) is 7.61. The summed E-state index contributed by atoms with van der Waals surface area (Å²) in [4.78, 5) is 17.3. The lowest BCUT2D eigenvalue weighted by molar-refractivity contribution is -0.160. The number of rotatable bonds is 5. The molecule has 4 nitrogen and oxygen atoms in total. The molecule has 0 saturated heterocycles. The van der Waals surface area contributed by atoms with Crippen LogP contribution in [0.15, 0.2) is 59.2 Å². The maximum atomic E-state index is 14.7. The molecule has 1 heterocycles. The first-order valence-corrected chi connectivity index (χ1v) is 8.35. The average Bonchev–Trinajstić information content (AvgIpc) is 2.96. The second kappa shape index (κ2) is 7.82. The van der Waals surface area contributed by atoms with Crippen molar-refractivity contribution in [3.8, 4) is 0 Å². The van der Waals surface area contributed by atoms with E-state index >= 15 is 0 Å². The highest BCUT2D eigenvalue weighted by Gasteiger charge is 2.33. The van der Waals surface area contributed by atoms with E-state index in [4.69, 9.17) is 9.07 Å². The molecule has 0 fully saturated rings. The molecule has 0 radical (unpaired) electrons. The molecule has 2 aromatic carbocycles. The normalized spacial score (nSPS) is 15.7. The Morgan fingerprint density at radius 1 is 1.12 bits per heavy atom. The topological polar surface area (TPSA) is 44.8 Å². The summed E-state index contributed by atoms with van der Waals surface area (Å²) in [6, 6.07) is 9.92. The molecule has 2 aromatic rings. The van der Waals surface area contributed by atoms with Gasteiger partial charge >= 0.3 is 5.97 Å². The van der Waals surface area contributed by atoms with Crippen LogP contribution in [-0.4, -0.2) is 13.1 Å². The monoisotopic (exact) mass is 376 g/mol. The van der Waals surface area contributed by atoms with Crippen LogP contribution >= 0.6 is 12.0 Å². The maximum absolute atomic E-state index is 14.7. The Kier molecular flexibility index (Phi) is 5.51. The minimum Gasteiger partial charge on any atom is -0.423 e. The summed E-state index contributed by atoms with van der Waals surface area (Å²) in [5, 5.41) is 0. The highest BCUT2D eigenvalue weighted by molar-refractivity contribution is 7.94. The van der Waals surface area contributed by atoms with Crippen molar-refractivity contribution in [2.75, 3.05) is 7.11 Å². The molecule has 7 heteroatoms. The molecule has 0 bridgehead atoms. The van der Waals surface area contributed by atoms with Crippen LogP contribution in [0.3, 0.4) is 0 Å². The lowest BCUT2D eigenvalue weighted by atomic mass is 9.94. The van der Waals surface area contributed by atoms with Gasteiger partial charge in [-0.2, -0.15) is 4.33 Å². The third kappa shape index (κ3) is 3.55. The molecule has 3 rings (SSSR count). The van der Waals surface area contributed by atoms with Crippen molar-refractivity contribution in [2.45, 2.75) is 11.8 Å². The maximum Gasteiger partial charge on any atom is 0.344 e. The van der Waals surface area contributed by atoms with Crippen LogP contribution in [0.2, 0.25) is 0 Å². The van der Waals surface area contributed by atoms with Crippen LogP contribution < -0.4 is 0 Å². The number of ether oxygens (including phenoxy) is 1. The van der Waals surface area contributed by atoms with E-state index in [9.17, 15) is 13.6 Å². The molecule has 0 unspecified atom stereocenters. The van der Waals surface area contributed by atoms with E-state index in [-0.39, 0.29) is 22.5 Å². The molecule has 1 aliphatic heterocycles. The smallest absolute Gasteiger partial charge is 0.344 e. The van der Waals surface area contributed by atoms with Gasteiger partial charge in [0, 0.05) is 16.0 Å². The number of benzene rings is 2. The molecule has 0 saturated carbocycles. The number of esters is 1. The first kappa shape index (κ1) is 18.3. The standard InChI is InChI=1S/C19H14F2O4S/c1-3-16-18(14-8-7-13(10-15(14)21)26-25-23-2)17(19(22)24-16)11-5-4-6-12(20)9-11/h3-10H,1-2H3/b16-3-. The largest absolute Gasteiger partial charge is 0.423 e. The van der Waals surface area contributed by atoms with Gasteiger partial charge in [-0.15, -0.1) is 0 Å². The molecule has 0 atom stereocenters. The van der Waals surface area contributed by atoms with Crippen molar-refractivity contribution in [3.63, 3.8) is 0 Å². The van der Waals surface area contributed by atoms with Gasteiger partial charge < -0.3 is 4.74 Å². The molecule has 0 amide bonds. The van der Waals surface area contributed by atoms with Gasteiger partial charge in [0.25, 0.3) is 0 Å². The highest BCUT2D eigenvalue weighted by atomic mass is 32.2. The number of hydrogen-bond donors (Lipinski definition) is 0. The van der Waals surface area contributed by atoms with Gasteiger partial charge in [-0.3, -0.25) is 0 Å². The van der Waals surface area contributed by atoms with Crippen LogP contribution in [0.1, 0.15) is 18.1 Å². The van der Waals surface area contributed by atoms with Crippen molar-refractivity contribution in [3.05, 3.63) is 77.1 Å². The summed E-state index contributed by atoms with van der Waals surface area (Å²) in [5.41, 5.74) is 0.891. The summed E-state index contributed by atoms with van der Waals surface area (Å²) in [6.45, 7) is 1.67. The van der Waals surface area contributed by atoms with E-state index in [0.717, 1.165) is 12.0 Å². The van der Waals surface area contributed by atoms with Crippen LogP contribution in [0.25, 0.3) is 11.1 Å². The van der Waals surface area contributed by atoms with Gasteiger partial charge in [0.2, 0.25) is 0 Å². The molecule has 0 aliphatic carbocycles. The minimum atomic E-state index is -0.653. The number of allylic oxidation sites excluding steroid dienone is 2. The van der Waals surface area contributed by atoms with E-state index < -0.39 is 17.6 Å². The first-order chi connectivity index (χ1) is 12.5. The molecule has 1 aliphatic rings. The van der Waals surface area contributed by atoms with Gasteiger partial charge in [-0.25, -0.2) is 18.5 Å². The van der Waals surface area contributed by atoms with E-state index in [1.165, 1.54) is 37.4 Å². The highest BCUT2D eigenvalue weighted by Crippen LogP contribution is 2.41. The van der Waals surface area contributed by atoms with E-state index in [1.54, 1.807) is 25.1 Å². The molecule has 0 spiro atoms. The van der Waals surface area contributed by atoms with Crippen LogP contribution in [0, 0.1) is 11.6 Å². The Hall–Kier alpha value is -2.48. The summed E-state index contributed by atoms with van der Waals surface area (Å²) in [7, 11) is 1.34. The van der Waals surface area contributed by atoms with Crippen LogP contribution in [-0.2, 0) is 18.8 Å². The number of carbonyl (C=O) groups excluding carboxylic acids is 1. The summed E-state index contributed by atoms with van der Waals surface area (Å²) < 4.78 is 38.3. The lowest BCUT2D eigenvalue weighted by Gasteiger charge is -2.09. The van der Waals surface area contributed by atoms with Crippen molar-refractivity contribution in [2.24, 2.45) is 0 Å². The fourth-order valence-electron chi connectivity index (χ4n) is 2.63. The molecule has 0 N–H and O–H groups in total. The zero-order chi connectivity index (χ0) is 18.7. The van der Waals surface area contributed by atoms with Crippen LogP contribution in [0.4, 0.5) is 8.78 Å². The number of hydrogen-bond acceptors (Lipinski definition) is 5. The molecule has 0 aromatic heterocycles. The average molecular weight is 376 g/mol. The van der Waals surface area contributed by atoms with Crippen molar-refractivity contribution in [1.29, 1.82) is 0 Å². The SMILES string of the molecule is C/C=C1\OC(=O)C(c2cccc(F)c2)=C1c1ccc(SOOC)cc1F. The van der Waals surface area contributed by atoms with E-state index in [2.05, 4.69) is 4.89 Å². The number of halogens is 2.